The predicted octanol–water partition coefficient (Wildman–Crippen LogP) is 1.49. The molecular formula is C12H11NO3. The van der Waals surface area contributed by atoms with Crippen LogP contribution in [0, 0.1) is 0 Å². The minimum atomic E-state index is -0.579. The number of ketones is 2. The number of fused-ring (bicyclic) bond motifs is 1. The van der Waals surface area contributed by atoms with Gasteiger partial charge in [-0.1, -0.05) is 0 Å². The van der Waals surface area contributed by atoms with Crippen LogP contribution in [0.2, 0.25) is 0 Å². The molecule has 0 unspecified atom stereocenters. The number of Topliss-reactive ketones (excluding diaryl/α,β-unsaturated/α-hetero) is 2. The number of rotatable bonds is 2. The second-order valence-corrected chi connectivity index (χ2v) is 3.73. The molecule has 0 amide bonds. The lowest BCUT2D eigenvalue weighted by molar-refractivity contribution is -0.111. The van der Waals surface area contributed by atoms with E-state index in [1.54, 1.807) is 23.8 Å². The fraction of sp³-hybridized carbons (Fsp3) is 0.250. The van der Waals surface area contributed by atoms with E-state index in [4.69, 9.17) is 0 Å². The number of aromatic nitrogens is 1. The van der Waals surface area contributed by atoms with Crippen molar-refractivity contribution in [2.75, 3.05) is 0 Å². The number of nitrogens with zero attached hydrogens (tertiary/aromatic N) is 1. The molecule has 1 aromatic rings. The predicted molar refractivity (Wildman–Crippen MR) is 58.5 cm³/mol. The summed E-state index contributed by atoms with van der Waals surface area (Å²) in [6.45, 7) is 4.18. The van der Waals surface area contributed by atoms with Gasteiger partial charge in [0.2, 0.25) is 11.6 Å². The minimum Gasteiger partial charge on any atom is -0.347 e. The molecule has 0 bridgehead atoms. The van der Waals surface area contributed by atoms with Gasteiger partial charge in [-0.15, -0.1) is 0 Å². The van der Waals surface area contributed by atoms with E-state index in [9.17, 15) is 14.4 Å². The lowest BCUT2D eigenvalue weighted by Crippen LogP contribution is -2.21. The third-order valence-electron chi connectivity index (χ3n) is 2.76. The van der Waals surface area contributed by atoms with E-state index < -0.39 is 11.6 Å². The van der Waals surface area contributed by atoms with Crippen LogP contribution in [0.5, 0.6) is 0 Å². The molecule has 0 spiro atoms. The van der Waals surface area contributed by atoms with Gasteiger partial charge in [-0.2, -0.15) is 0 Å². The SMILES string of the molecule is CCn1cc(C=O)c2c1C=C(C)C(=O)C2=O. The molecular weight excluding hydrogens is 206 g/mol. The van der Waals surface area contributed by atoms with Gasteiger partial charge in [0.1, 0.15) is 0 Å². The van der Waals surface area contributed by atoms with Crippen molar-refractivity contribution in [1.82, 2.24) is 4.57 Å². The van der Waals surface area contributed by atoms with E-state index in [1.807, 2.05) is 6.92 Å². The van der Waals surface area contributed by atoms with Crippen molar-refractivity contribution in [2.24, 2.45) is 0 Å². The Kier molecular flexibility index (Phi) is 2.34. The first-order valence-corrected chi connectivity index (χ1v) is 5.05. The number of aldehydes is 1. The van der Waals surface area contributed by atoms with Gasteiger partial charge in [0, 0.05) is 23.9 Å². The Balaban J connectivity index is 2.77. The number of carbonyl (C=O) groups is 3. The van der Waals surface area contributed by atoms with Crippen LogP contribution in [0.3, 0.4) is 0 Å². The standard InChI is InChI=1S/C12H11NO3/c1-3-13-5-8(6-14)10-9(13)4-7(2)11(15)12(10)16/h4-6H,3H2,1-2H3. The van der Waals surface area contributed by atoms with Crippen molar-refractivity contribution in [3.8, 4) is 0 Å². The molecule has 4 nitrogen and oxygen atoms in total. The lowest BCUT2D eigenvalue weighted by atomic mass is 9.93. The van der Waals surface area contributed by atoms with Crippen molar-refractivity contribution >= 4 is 23.9 Å². The summed E-state index contributed by atoms with van der Waals surface area (Å²) in [6.07, 6.45) is 3.89. The second-order valence-electron chi connectivity index (χ2n) is 3.73. The third-order valence-corrected chi connectivity index (χ3v) is 2.76. The monoisotopic (exact) mass is 217 g/mol. The van der Waals surface area contributed by atoms with E-state index in [0.717, 1.165) is 0 Å². The van der Waals surface area contributed by atoms with Gasteiger partial charge >= 0.3 is 0 Å². The third kappa shape index (κ3) is 1.26. The Morgan fingerprint density at radius 2 is 2.00 bits per heavy atom. The highest BCUT2D eigenvalue weighted by molar-refractivity contribution is 6.52. The second kappa shape index (κ2) is 3.56. The van der Waals surface area contributed by atoms with Crippen LogP contribution in [0.15, 0.2) is 11.8 Å². The Labute approximate surface area is 92.6 Å². The molecule has 16 heavy (non-hydrogen) atoms. The molecule has 0 saturated heterocycles. The van der Waals surface area contributed by atoms with Crippen LogP contribution in [0.25, 0.3) is 6.08 Å². The van der Waals surface area contributed by atoms with E-state index in [2.05, 4.69) is 0 Å². The summed E-state index contributed by atoms with van der Waals surface area (Å²) < 4.78 is 1.80. The van der Waals surface area contributed by atoms with Crippen LogP contribution in [0.1, 0.15) is 40.3 Å². The van der Waals surface area contributed by atoms with Crippen molar-refractivity contribution in [1.29, 1.82) is 0 Å². The summed E-state index contributed by atoms with van der Waals surface area (Å²) in [5.41, 5.74) is 1.61. The zero-order valence-electron chi connectivity index (χ0n) is 9.11. The van der Waals surface area contributed by atoms with Crippen LogP contribution >= 0.6 is 0 Å². The number of hydrogen-bond donors (Lipinski definition) is 0. The fourth-order valence-electron chi connectivity index (χ4n) is 1.91. The maximum atomic E-state index is 11.8. The summed E-state index contributed by atoms with van der Waals surface area (Å²) in [6, 6.07) is 0. The fourth-order valence-corrected chi connectivity index (χ4v) is 1.91. The number of carbonyl (C=O) groups excluding carboxylic acids is 3. The first-order valence-electron chi connectivity index (χ1n) is 5.05. The summed E-state index contributed by atoms with van der Waals surface area (Å²) in [5, 5.41) is 0. The lowest BCUT2D eigenvalue weighted by Gasteiger charge is -2.11. The number of aryl methyl sites for hydroxylation is 1. The van der Waals surface area contributed by atoms with Gasteiger partial charge in [0.05, 0.1) is 11.3 Å². The van der Waals surface area contributed by atoms with E-state index in [-0.39, 0.29) is 5.56 Å². The van der Waals surface area contributed by atoms with Gasteiger partial charge in [0.15, 0.2) is 6.29 Å². The summed E-state index contributed by atoms with van der Waals surface area (Å²) in [5.74, 6) is -1.10. The Hall–Kier alpha value is -1.97. The van der Waals surface area contributed by atoms with Gasteiger partial charge in [-0.3, -0.25) is 14.4 Å². The van der Waals surface area contributed by atoms with Crippen molar-refractivity contribution in [3.63, 3.8) is 0 Å². The van der Waals surface area contributed by atoms with Gasteiger partial charge < -0.3 is 4.57 Å². The first-order chi connectivity index (χ1) is 7.60. The average molecular weight is 217 g/mol. The van der Waals surface area contributed by atoms with Crippen molar-refractivity contribution < 1.29 is 14.4 Å². The molecule has 4 heteroatoms. The molecule has 82 valence electrons. The topological polar surface area (TPSA) is 56.1 Å². The van der Waals surface area contributed by atoms with Gasteiger partial charge in [-0.05, 0) is 19.9 Å². The number of allylic oxidation sites excluding steroid dienone is 1. The quantitative estimate of drug-likeness (QED) is 0.557. The van der Waals surface area contributed by atoms with Gasteiger partial charge in [-0.25, -0.2) is 0 Å². The first kappa shape index (κ1) is 10.5. The van der Waals surface area contributed by atoms with Crippen molar-refractivity contribution in [2.45, 2.75) is 20.4 Å². The average Bonchev–Trinajstić information content (AvgIpc) is 2.64. The normalized spacial score (nSPS) is 14.8. The highest BCUT2D eigenvalue weighted by atomic mass is 16.2. The van der Waals surface area contributed by atoms with Gasteiger partial charge in [0.25, 0.3) is 0 Å². The molecule has 0 aromatic carbocycles. The molecule has 0 N–H and O–H groups in total. The molecule has 0 saturated carbocycles. The summed E-state index contributed by atoms with van der Waals surface area (Å²) in [4.78, 5) is 34.1. The van der Waals surface area contributed by atoms with Crippen LogP contribution in [0.4, 0.5) is 0 Å². The summed E-state index contributed by atoms with van der Waals surface area (Å²) in [7, 11) is 0. The molecule has 0 aliphatic heterocycles. The smallest absolute Gasteiger partial charge is 0.236 e. The Morgan fingerprint density at radius 3 is 2.56 bits per heavy atom. The molecule has 1 aliphatic rings. The van der Waals surface area contributed by atoms with E-state index in [1.165, 1.54) is 0 Å². The van der Waals surface area contributed by atoms with Crippen LogP contribution in [-0.2, 0) is 11.3 Å². The highest BCUT2D eigenvalue weighted by Gasteiger charge is 2.30. The Bertz CT molecular complexity index is 535. The molecule has 0 atom stereocenters. The summed E-state index contributed by atoms with van der Waals surface area (Å²) >= 11 is 0. The zero-order valence-corrected chi connectivity index (χ0v) is 9.11. The molecule has 1 aromatic heterocycles. The van der Waals surface area contributed by atoms with E-state index >= 15 is 0 Å². The molecule has 0 radical (unpaired) electrons. The molecule has 1 aliphatic carbocycles. The van der Waals surface area contributed by atoms with Crippen LogP contribution in [-0.4, -0.2) is 22.4 Å². The molecule has 0 fully saturated rings. The molecule has 1 heterocycles. The molecule has 2 rings (SSSR count). The zero-order chi connectivity index (χ0) is 11.9. The maximum absolute atomic E-state index is 11.8. The van der Waals surface area contributed by atoms with E-state index in [0.29, 0.717) is 29.7 Å². The minimum absolute atomic E-state index is 0.243. The Morgan fingerprint density at radius 1 is 1.31 bits per heavy atom. The number of hydrogen-bond acceptors (Lipinski definition) is 3. The largest absolute Gasteiger partial charge is 0.347 e. The highest BCUT2D eigenvalue weighted by Crippen LogP contribution is 2.25. The van der Waals surface area contributed by atoms with Crippen LogP contribution < -0.4 is 0 Å². The van der Waals surface area contributed by atoms with Crippen molar-refractivity contribution in [3.05, 3.63) is 28.6 Å². The maximum Gasteiger partial charge on any atom is 0.236 e.